The Hall–Kier alpha value is -16.4. The van der Waals surface area contributed by atoms with Gasteiger partial charge in [0.25, 0.3) is 17.7 Å². The zero-order valence-corrected chi connectivity index (χ0v) is 76.2. The van der Waals surface area contributed by atoms with E-state index in [1.54, 1.807) is 221 Å². The van der Waals surface area contributed by atoms with E-state index in [0.29, 0.717) is 140 Å². The second-order valence-electron chi connectivity index (χ2n) is 34.3. The summed E-state index contributed by atoms with van der Waals surface area (Å²) < 4.78 is 83.3. The van der Waals surface area contributed by atoms with E-state index in [0.717, 1.165) is 49.8 Å². The minimum Gasteiger partial charge on any atom is -0.633 e. The quantitative estimate of drug-likeness (QED) is 0.0244. The van der Waals surface area contributed by atoms with Crippen LogP contribution in [0.1, 0.15) is 32.1 Å². The topological polar surface area (TPSA) is 399 Å². The van der Waals surface area contributed by atoms with Crippen LogP contribution in [0.2, 0.25) is 0 Å². The molecule has 3 fully saturated rings. The highest BCUT2D eigenvalue weighted by Gasteiger charge is 2.37. The Labute approximate surface area is 787 Å². The van der Waals surface area contributed by atoms with E-state index in [4.69, 9.17) is 45.6 Å². The van der Waals surface area contributed by atoms with Gasteiger partial charge >= 0.3 is 17.1 Å². The number of likely N-dealkylation sites (N-methyl/N-ethyl adjacent to an activating group) is 5. The lowest BCUT2D eigenvalue weighted by Gasteiger charge is -2.38. The highest BCUT2D eigenvalue weighted by molar-refractivity contribution is 6.04. The summed E-state index contributed by atoms with van der Waals surface area (Å²) in [5.41, 5.74) is 23.4. The van der Waals surface area contributed by atoms with Crippen molar-refractivity contribution in [3.8, 4) is 80.1 Å². The standard InChI is InChI=1S/C34H35FN7O4.C33H30FN7O5.C33H32FN7O5/c1-39(30(43)11-6-17-42(2,3)27-16-18-45-21-27)25-8-5-9-26(20-25)41-33-31(32(36)37-22-38-33)40(34(41)44)24-12-14-28(15-13-24)46-29-10-4-7-23(35)19-29;1-41(44,24-10-11-24)16-3-6-29(42)38-15-17-45-28-14-9-23(19-27(28)38)40-32-30(31(35)36-20-37-32)39(33(40)43)22-7-12-25(13-8-22)46-26-5-2-4-21(34)18-26;1-38(29(42)8-5-17-41(2,44)24-12-13-24)27-19-23(11-16-28(27)45-3)40-32-30(31(35)36-20-37-32)39(33(40)43)22-9-14-25(15-10-22)46-26-7-4-6-21(34)18-26/h4-15,19-20,22,27H,16-18,21H2,1-3H3,(H2,36,37,38);2-9,12-14,18-20,24H,10-11,15-17H2,1H3,(H2,35,36,37);4-11,14-16,18-20,24H,12-13,17H2,1-3H3,(H2,35,36,37)/q+1;;/b11-6+;6-3+;8-5+. The zero-order chi connectivity index (χ0) is 97.0. The van der Waals surface area contributed by atoms with Crippen molar-refractivity contribution in [2.24, 2.45) is 0 Å². The summed E-state index contributed by atoms with van der Waals surface area (Å²) in [6.45, 7) is 3.18. The van der Waals surface area contributed by atoms with Crippen LogP contribution in [0.5, 0.6) is 46.0 Å². The normalized spacial score (nSPS) is 15.1. The van der Waals surface area contributed by atoms with E-state index in [2.05, 4.69) is 44.0 Å². The average molecular weight is 1870 g/mol. The van der Waals surface area contributed by atoms with Gasteiger partial charge in [0.05, 0.1) is 132 Å². The number of benzene rings is 9. The highest BCUT2D eigenvalue weighted by atomic mass is 19.1. The number of halogens is 3. The van der Waals surface area contributed by atoms with Gasteiger partial charge in [-0.3, -0.25) is 28.1 Å². The van der Waals surface area contributed by atoms with E-state index in [-0.39, 0.29) is 77.2 Å². The number of quaternary nitrogens is 3. The molecule has 3 amide bonds. The largest absolute Gasteiger partial charge is 0.633 e. The molecule has 0 bridgehead atoms. The predicted octanol–water partition coefficient (Wildman–Crippen LogP) is 13.7. The zero-order valence-electron chi connectivity index (χ0n) is 76.2. The Kier molecular flexibility index (Phi) is 26.6. The molecule has 1 saturated heterocycles. The second kappa shape index (κ2) is 39.3. The molecule has 706 valence electrons. The van der Waals surface area contributed by atoms with Crippen LogP contribution in [0.3, 0.4) is 0 Å². The molecule has 9 aromatic carbocycles. The van der Waals surface area contributed by atoms with Crippen molar-refractivity contribution < 1.29 is 69.8 Å². The first kappa shape index (κ1) is 93.4. The maximum atomic E-state index is 14.1. The van der Waals surface area contributed by atoms with Gasteiger partial charge < -0.3 is 84.5 Å². The van der Waals surface area contributed by atoms with E-state index in [9.17, 15) is 52.4 Å². The number of ether oxygens (including phenoxy) is 6. The van der Waals surface area contributed by atoms with Gasteiger partial charge in [0.2, 0.25) is 0 Å². The van der Waals surface area contributed by atoms with Crippen LogP contribution >= 0.6 is 0 Å². The summed E-state index contributed by atoms with van der Waals surface area (Å²) in [5, 5.41) is 25.3. The molecule has 138 heavy (non-hydrogen) atoms. The number of imidazole rings is 3. The fraction of sp³-hybridized carbons (Fsp3) is 0.220. The summed E-state index contributed by atoms with van der Waals surface area (Å²) in [7, 11) is 12.3. The fourth-order valence-electron chi connectivity index (χ4n) is 16.5. The van der Waals surface area contributed by atoms with Crippen molar-refractivity contribution in [2.75, 3.05) is 127 Å². The summed E-state index contributed by atoms with van der Waals surface area (Å²) in [6.07, 6.45) is 17.9. The third kappa shape index (κ3) is 20.1. The molecule has 3 unspecified atom stereocenters. The fourth-order valence-corrected chi connectivity index (χ4v) is 16.5. The molecule has 6 aromatic heterocycles. The molecule has 2 aliphatic carbocycles. The summed E-state index contributed by atoms with van der Waals surface area (Å²) in [4.78, 5) is 112. The molecule has 2 aliphatic heterocycles. The summed E-state index contributed by atoms with van der Waals surface area (Å²) in [6, 6.07) is 55.1. The van der Waals surface area contributed by atoms with Crippen LogP contribution in [-0.2, 0) is 19.1 Å². The van der Waals surface area contributed by atoms with Crippen molar-refractivity contribution in [1.82, 2.24) is 57.3 Å². The SMILES string of the molecule is CN(C(=O)/C=C/C[N+](C)(C)C1CCOC1)c1cccc(-n2c(=O)n(-c3ccc(Oc4cccc(F)c4)cc3)c3c(N)ncnc32)c1.COc1ccc(-n2c(=O)n(-c3ccc(Oc4cccc(F)c4)cc3)c3c(N)ncnc32)cc1N(C)C(=O)/C=C/C[N+](C)([O-])C1CC1.C[N+]([O-])(C/C=C/C(=O)N1CCOc2ccc(-n3c(=O)n(-c4ccc(Oc5cccc(F)c5)cc4)c4c(N)ncnc43)cc21)C1CC1. The molecule has 19 rings (SSSR count). The smallest absolute Gasteiger partial charge is 0.339 e. The number of nitrogens with zero attached hydrogens (tertiary/aromatic N) is 18. The number of methoxy groups -OCH3 is 1. The van der Waals surface area contributed by atoms with Gasteiger partial charge in [-0.25, -0.2) is 71.2 Å². The Morgan fingerprint density at radius 3 is 1.28 bits per heavy atom. The number of amides is 3. The third-order valence-corrected chi connectivity index (χ3v) is 24.4. The number of carbonyl (C=O) groups is 3. The summed E-state index contributed by atoms with van der Waals surface area (Å²) >= 11 is 0. The van der Waals surface area contributed by atoms with E-state index < -0.39 is 43.8 Å². The number of aromatic nitrogens is 12. The van der Waals surface area contributed by atoms with Gasteiger partial charge in [0.1, 0.15) is 112 Å². The molecule has 35 nitrogen and oxygen atoms in total. The van der Waals surface area contributed by atoms with Crippen LogP contribution < -0.4 is 72.7 Å². The van der Waals surface area contributed by atoms with Gasteiger partial charge in [0.15, 0.2) is 34.4 Å². The van der Waals surface area contributed by atoms with Crippen molar-refractivity contribution in [1.29, 1.82) is 0 Å². The van der Waals surface area contributed by atoms with Crippen molar-refractivity contribution >= 4 is 85.7 Å². The summed E-state index contributed by atoms with van der Waals surface area (Å²) in [5.74, 6) is 1.43. The minimum absolute atomic E-state index is 0.0824. The molecule has 8 heterocycles. The number of hydrogen-bond acceptors (Lipinski definition) is 23. The van der Waals surface area contributed by atoms with Crippen LogP contribution in [0.4, 0.5) is 47.7 Å². The minimum atomic E-state index is -0.487. The highest BCUT2D eigenvalue weighted by Crippen LogP contribution is 2.40. The number of hydrogen-bond donors (Lipinski definition) is 3. The van der Waals surface area contributed by atoms with Crippen LogP contribution in [0.25, 0.3) is 67.6 Å². The predicted molar refractivity (Wildman–Crippen MR) is 516 cm³/mol. The second-order valence-corrected chi connectivity index (χ2v) is 34.3. The first-order chi connectivity index (χ1) is 66.4. The molecule has 0 radical (unpaired) electrons. The number of nitrogens with two attached hydrogens (primary N) is 3. The maximum Gasteiger partial charge on any atom is 0.339 e. The molecule has 3 atom stereocenters. The van der Waals surface area contributed by atoms with Crippen LogP contribution in [0, 0.1) is 27.9 Å². The molecular formula is C100H97F3N21O14+. The number of fused-ring (bicyclic) bond motifs is 4. The molecule has 2 saturated carbocycles. The van der Waals surface area contributed by atoms with E-state index >= 15 is 0 Å². The van der Waals surface area contributed by atoms with Gasteiger partial charge in [-0.1, -0.05) is 24.3 Å². The lowest BCUT2D eigenvalue weighted by molar-refractivity contribution is -0.907. The first-order valence-electron chi connectivity index (χ1n) is 44.2. The van der Waals surface area contributed by atoms with Crippen molar-refractivity contribution in [3.63, 3.8) is 0 Å². The number of hydroxylamine groups is 6. The number of rotatable bonds is 27. The third-order valence-electron chi connectivity index (χ3n) is 24.4. The number of anilines is 6. The number of nitrogen functional groups attached to an aromatic ring is 3. The van der Waals surface area contributed by atoms with Gasteiger partial charge in [-0.2, -0.15) is 0 Å². The molecule has 38 heteroatoms. The van der Waals surface area contributed by atoms with E-state index in [1.807, 2.05) is 6.08 Å². The molecule has 15 aromatic rings. The number of carbonyl (C=O) groups excluding carboxylic acids is 3. The van der Waals surface area contributed by atoms with Crippen molar-refractivity contribution in [2.45, 2.75) is 50.2 Å². The Bertz CT molecular complexity index is 7200. The average Bonchev–Trinajstić information content (AvgIpc) is 1.60. The van der Waals surface area contributed by atoms with E-state index in [1.165, 1.54) is 112 Å². The first-order valence-corrected chi connectivity index (χ1v) is 44.2. The Balaban J connectivity index is 0.000000143. The van der Waals surface area contributed by atoms with Gasteiger partial charge in [-0.15, -0.1) is 0 Å². The van der Waals surface area contributed by atoms with Crippen LogP contribution in [-0.4, -0.2) is 202 Å². The molecule has 6 N–H and O–H groups in total. The molecule has 0 spiro atoms. The molecular weight excluding hydrogens is 1780 g/mol. The Morgan fingerprint density at radius 2 is 0.855 bits per heavy atom. The van der Waals surface area contributed by atoms with Gasteiger partial charge in [-0.05, 0) is 182 Å². The lowest BCUT2D eigenvalue weighted by Crippen LogP contribution is -2.49. The monoisotopic (exact) mass is 1870 g/mol. The van der Waals surface area contributed by atoms with Gasteiger partial charge in [0, 0.05) is 88.3 Å². The van der Waals surface area contributed by atoms with Crippen molar-refractivity contribution in [3.05, 3.63) is 321 Å². The lowest BCUT2D eigenvalue weighted by atomic mass is 10.2. The Morgan fingerprint density at radius 1 is 0.449 bits per heavy atom. The maximum absolute atomic E-state index is 14.1. The van der Waals surface area contributed by atoms with Crippen LogP contribution in [0.15, 0.2) is 276 Å². The molecule has 4 aliphatic rings.